The molecule has 30 heavy (non-hydrogen) atoms. The molecule has 1 aromatic carbocycles. The summed E-state index contributed by atoms with van der Waals surface area (Å²) in [7, 11) is 0. The van der Waals surface area contributed by atoms with Crippen molar-refractivity contribution in [2.24, 2.45) is 0 Å². The molecule has 3 aromatic rings. The van der Waals surface area contributed by atoms with Crippen LogP contribution in [-0.4, -0.2) is 33.8 Å². The first-order chi connectivity index (χ1) is 14.4. The fourth-order valence-electron chi connectivity index (χ4n) is 2.52. The average Bonchev–Trinajstić information content (AvgIpc) is 3.20. The molecule has 0 aliphatic rings. The molecule has 0 radical (unpaired) electrons. The van der Waals surface area contributed by atoms with E-state index in [2.05, 4.69) is 25.2 Å². The minimum atomic E-state index is -4.34. The van der Waals surface area contributed by atoms with Gasteiger partial charge in [-0.25, -0.2) is 0 Å². The Kier molecular flexibility index (Phi) is 7.12. The molecule has 0 atom stereocenters. The summed E-state index contributed by atoms with van der Waals surface area (Å²) in [6.07, 6.45) is -0.603. The highest BCUT2D eigenvalue weighted by Crippen LogP contribution is 2.16. The zero-order chi connectivity index (χ0) is 21.4. The van der Waals surface area contributed by atoms with E-state index in [-0.39, 0.29) is 18.9 Å². The number of benzene rings is 1. The second kappa shape index (κ2) is 9.97. The summed E-state index contributed by atoms with van der Waals surface area (Å²) >= 11 is 0. The minimum Gasteiger partial charge on any atom is -0.367 e. The summed E-state index contributed by atoms with van der Waals surface area (Å²) in [5.74, 6) is 0.614. The number of aryl methyl sites for hydroxylation is 1. The maximum Gasteiger partial charge on any atom is 0.411 e. The summed E-state index contributed by atoms with van der Waals surface area (Å²) in [6, 6.07) is 10.3. The fraction of sp³-hybridized carbons (Fsp3) is 0.300. The Morgan fingerprint density at radius 2 is 1.77 bits per heavy atom. The van der Waals surface area contributed by atoms with Crippen molar-refractivity contribution in [3.63, 3.8) is 0 Å². The Hall–Kier alpha value is -3.27. The van der Waals surface area contributed by atoms with E-state index in [4.69, 9.17) is 4.52 Å². The smallest absolute Gasteiger partial charge is 0.367 e. The number of nitrogens with zero attached hydrogens (tertiary/aromatic N) is 3. The van der Waals surface area contributed by atoms with Gasteiger partial charge in [-0.3, -0.25) is 9.78 Å². The third-order valence-electron chi connectivity index (χ3n) is 4.02. The van der Waals surface area contributed by atoms with Gasteiger partial charge in [0.05, 0.1) is 6.61 Å². The van der Waals surface area contributed by atoms with Gasteiger partial charge in [-0.05, 0) is 23.3 Å². The summed E-state index contributed by atoms with van der Waals surface area (Å²) < 4.78 is 46.0. The van der Waals surface area contributed by atoms with Crippen molar-refractivity contribution in [2.75, 3.05) is 6.61 Å². The molecule has 0 saturated carbocycles. The quantitative estimate of drug-likeness (QED) is 0.570. The second-order valence-corrected chi connectivity index (χ2v) is 6.45. The molecule has 3 rings (SSSR count). The molecule has 0 spiro atoms. The number of ether oxygens (including phenoxy) is 1. The van der Waals surface area contributed by atoms with Crippen LogP contribution in [0.15, 0.2) is 53.3 Å². The SMILES string of the molecule is O=C(CCc1nc(-c2ccncc2)no1)NCc1ccc(COCC(F)(F)F)cc1. The van der Waals surface area contributed by atoms with E-state index in [0.29, 0.717) is 30.2 Å². The molecule has 2 aromatic heterocycles. The van der Waals surface area contributed by atoms with E-state index in [1.54, 1.807) is 48.8 Å². The highest BCUT2D eigenvalue weighted by atomic mass is 19.4. The van der Waals surface area contributed by atoms with Gasteiger partial charge in [-0.1, -0.05) is 29.4 Å². The van der Waals surface area contributed by atoms with Crippen molar-refractivity contribution >= 4 is 5.91 Å². The predicted octanol–water partition coefficient (Wildman–Crippen LogP) is 3.46. The molecular weight excluding hydrogens is 401 g/mol. The molecule has 1 N–H and O–H groups in total. The first kappa shape index (κ1) is 21.4. The first-order valence-electron chi connectivity index (χ1n) is 9.11. The summed E-state index contributed by atoms with van der Waals surface area (Å²) in [6.45, 7) is -1.11. The van der Waals surface area contributed by atoms with Crippen molar-refractivity contribution in [2.45, 2.75) is 32.2 Å². The molecule has 158 valence electrons. The van der Waals surface area contributed by atoms with Crippen LogP contribution >= 0.6 is 0 Å². The van der Waals surface area contributed by atoms with Gasteiger partial charge in [0.2, 0.25) is 17.6 Å². The Bertz CT molecular complexity index is 944. The number of halogens is 3. The average molecular weight is 420 g/mol. The van der Waals surface area contributed by atoms with Crippen LogP contribution in [0.1, 0.15) is 23.4 Å². The third-order valence-corrected chi connectivity index (χ3v) is 4.02. The summed E-state index contributed by atoms with van der Waals surface area (Å²) in [5, 5.41) is 6.66. The Morgan fingerprint density at radius 1 is 1.07 bits per heavy atom. The van der Waals surface area contributed by atoms with Crippen LogP contribution in [0.2, 0.25) is 0 Å². The maximum absolute atomic E-state index is 12.1. The molecule has 1 amide bonds. The topological polar surface area (TPSA) is 90.1 Å². The Labute approximate surface area is 170 Å². The van der Waals surface area contributed by atoms with Gasteiger partial charge in [0, 0.05) is 37.3 Å². The van der Waals surface area contributed by atoms with Gasteiger partial charge in [0.25, 0.3) is 0 Å². The zero-order valence-electron chi connectivity index (χ0n) is 15.9. The van der Waals surface area contributed by atoms with E-state index in [0.717, 1.165) is 11.1 Å². The van der Waals surface area contributed by atoms with Crippen LogP contribution in [0.3, 0.4) is 0 Å². The van der Waals surface area contributed by atoms with Gasteiger partial charge < -0.3 is 14.6 Å². The second-order valence-electron chi connectivity index (χ2n) is 6.45. The molecule has 7 nitrogen and oxygen atoms in total. The molecule has 0 unspecified atom stereocenters. The molecule has 0 saturated heterocycles. The maximum atomic E-state index is 12.1. The third kappa shape index (κ3) is 6.96. The molecule has 0 bridgehead atoms. The van der Waals surface area contributed by atoms with Crippen LogP contribution in [0.5, 0.6) is 0 Å². The number of nitrogens with one attached hydrogen (secondary N) is 1. The van der Waals surface area contributed by atoms with Gasteiger partial charge >= 0.3 is 6.18 Å². The van der Waals surface area contributed by atoms with E-state index in [1.165, 1.54) is 0 Å². The van der Waals surface area contributed by atoms with Crippen LogP contribution < -0.4 is 5.32 Å². The van der Waals surface area contributed by atoms with Crippen LogP contribution in [-0.2, 0) is 29.1 Å². The van der Waals surface area contributed by atoms with Gasteiger partial charge in [0.15, 0.2) is 0 Å². The van der Waals surface area contributed by atoms with E-state index in [9.17, 15) is 18.0 Å². The van der Waals surface area contributed by atoms with Crippen molar-refractivity contribution < 1.29 is 27.2 Å². The molecule has 10 heteroatoms. The molecule has 0 aliphatic heterocycles. The van der Waals surface area contributed by atoms with E-state index < -0.39 is 12.8 Å². The number of amides is 1. The number of hydrogen-bond acceptors (Lipinski definition) is 6. The zero-order valence-corrected chi connectivity index (χ0v) is 15.9. The van der Waals surface area contributed by atoms with Crippen molar-refractivity contribution in [1.82, 2.24) is 20.4 Å². The van der Waals surface area contributed by atoms with Crippen molar-refractivity contribution in [3.05, 3.63) is 65.8 Å². The van der Waals surface area contributed by atoms with Gasteiger partial charge in [-0.15, -0.1) is 0 Å². The summed E-state index contributed by atoms with van der Waals surface area (Å²) in [5.41, 5.74) is 2.22. The predicted molar refractivity (Wildman–Crippen MR) is 99.8 cm³/mol. The molecule has 2 heterocycles. The normalized spacial score (nSPS) is 11.4. The number of carbonyl (C=O) groups is 1. The van der Waals surface area contributed by atoms with Gasteiger partial charge in [0.1, 0.15) is 6.61 Å². The number of alkyl halides is 3. The lowest BCUT2D eigenvalue weighted by Crippen LogP contribution is -2.23. The Morgan fingerprint density at radius 3 is 2.47 bits per heavy atom. The Balaban J connectivity index is 1.39. The highest BCUT2D eigenvalue weighted by molar-refractivity contribution is 5.76. The number of hydrogen-bond donors (Lipinski definition) is 1. The molecular formula is C20H19F3N4O3. The fourth-order valence-corrected chi connectivity index (χ4v) is 2.52. The standard InChI is InChI=1S/C20H19F3N4O3/c21-20(22,23)13-29-12-15-3-1-14(2-4-15)11-25-17(28)5-6-18-26-19(27-30-18)16-7-9-24-10-8-16/h1-4,7-10H,5-6,11-13H2,(H,25,28). The number of pyridine rings is 1. The van der Waals surface area contributed by atoms with E-state index in [1.807, 2.05) is 0 Å². The van der Waals surface area contributed by atoms with E-state index >= 15 is 0 Å². The largest absolute Gasteiger partial charge is 0.411 e. The van der Waals surface area contributed by atoms with Crippen molar-refractivity contribution in [3.8, 4) is 11.4 Å². The number of aromatic nitrogens is 3. The van der Waals surface area contributed by atoms with Crippen LogP contribution in [0, 0.1) is 0 Å². The minimum absolute atomic E-state index is 0.127. The van der Waals surface area contributed by atoms with Crippen LogP contribution in [0.4, 0.5) is 13.2 Å². The highest BCUT2D eigenvalue weighted by Gasteiger charge is 2.27. The lowest BCUT2D eigenvalue weighted by Gasteiger charge is -2.08. The summed E-state index contributed by atoms with van der Waals surface area (Å²) in [4.78, 5) is 20.2. The lowest BCUT2D eigenvalue weighted by molar-refractivity contribution is -0.176. The number of rotatable bonds is 9. The molecule has 0 aliphatic carbocycles. The molecule has 0 fully saturated rings. The first-order valence-corrected chi connectivity index (χ1v) is 9.11. The monoisotopic (exact) mass is 420 g/mol. The number of carbonyl (C=O) groups excluding carboxylic acids is 1. The van der Waals surface area contributed by atoms with Crippen molar-refractivity contribution in [1.29, 1.82) is 0 Å². The van der Waals surface area contributed by atoms with Crippen LogP contribution in [0.25, 0.3) is 11.4 Å². The van der Waals surface area contributed by atoms with Gasteiger partial charge in [-0.2, -0.15) is 18.2 Å². The lowest BCUT2D eigenvalue weighted by atomic mass is 10.1.